The molecule has 0 aliphatic carbocycles. The standard InChI is InChI=1S/C20H30NO6P/c1-16(15-22)7-6-14-28(25,27-19-8-4-3-5-9-19)21(17(2)20(23)24)18-10-12-26-13-11-18/h3-5,7-9,17-18,22H,6,10-15H2,1-2H3,(H,23,24)/b16-7+/t17-,28-/m0/s1. The lowest BCUT2D eigenvalue weighted by Crippen LogP contribution is -2.47. The number of aliphatic carboxylic acids is 1. The van der Waals surface area contributed by atoms with Gasteiger partial charge in [0.25, 0.3) is 0 Å². The summed E-state index contributed by atoms with van der Waals surface area (Å²) in [6.45, 7) is 4.27. The molecule has 0 radical (unpaired) electrons. The largest absolute Gasteiger partial charge is 0.480 e. The van der Waals surface area contributed by atoms with Crippen LogP contribution in [0.15, 0.2) is 42.0 Å². The fraction of sp³-hybridized carbons (Fsp3) is 0.550. The molecule has 156 valence electrons. The highest BCUT2D eigenvalue weighted by Gasteiger charge is 2.43. The van der Waals surface area contributed by atoms with Crippen molar-refractivity contribution in [1.29, 1.82) is 0 Å². The number of nitrogens with zero attached hydrogens (tertiary/aromatic N) is 1. The third-order valence-corrected chi connectivity index (χ3v) is 7.51. The molecule has 2 N–H and O–H groups in total. The van der Waals surface area contributed by atoms with E-state index in [4.69, 9.17) is 9.26 Å². The van der Waals surface area contributed by atoms with E-state index >= 15 is 0 Å². The van der Waals surface area contributed by atoms with Gasteiger partial charge in [-0.1, -0.05) is 29.8 Å². The lowest BCUT2D eigenvalue weighted by molar-refractivity contribution is -0.142. The van der Waals surface area contributed by atoms with Crippen molar-refractivity contribution in [1.82, 2.24) is 4.67 Å². The summed E-state index contributed by atoms with van der Waals surface area (Å²) < 4.78 is 27.1. The molecule has 1 fully saturated rings. The zero-order chi connectivity index (χ0) is 20.6. The Morgan fingerprint density at radius 3 is 2.57 bits per heavy atom. The number of carboxylic acids is 1. The second-order valence-electron chi connectivity index (χ2n) is 7.00. The molecule has 0 amide bonds. The molecule has 0 saturated carbocycles. The second-order valence-corrected chi connectivity index (χ2v) is 9.37. The molecule has 0 unspecified atom stereocenters. The van der Waals surface area contributed by atoms with Gasteiger partial charge in [0.05, 0.1) is 12.8 Å². The number of hydrogen-bond donors (Lipinski definition) is 2. The van der Waals surface area contributed by atoms with Gasteiger partial charge in [0.2, 0.25) is 0 Å². The molecule has 1 saturated heterocycles. The molecule has 0 spiro atoms. The number of rotatable bonds is 10. The SMILES string of the molecule is C/C(=C\CC[P@](=O)(Oc1ccccc1)N(C1CCOCC1)[C@@H](C)C(=O)O)CO. The first-order valence-corrected chi connectivity index (χ1v) is 11.3. The van der Waals surface area contributed by atoms with Gasteiger partial charge in [-0.15, -0.1) is 0 Å². The average molecular weight is 411 g/mol. The van der Waals surface area contributed by atoms with Crippen LogP contribution < -0.4 is 4.52 Å². The summed E-state index contributed by atoms with van der Waals surface area (Å²) in [5.74, 6) is -0.589. The summed E-state index contributed by atoms with van der Waals surface area (Å²) in [7, 11) is -3.53. The van der Waals surface area contributed by atoms with Gasteiger partial charge in [0.15, 0.2) is 0 Å². The van der Waals surface area contributed by atoms with E-state index < -0.39 is 19.5 Å². The van der Waals surface area contributed by atoms with E-state index in [1.54, 1.807) is 42.8 Å². The molecule has 0 bridgehead atoms. The molecular weight excluding hydrogens is 381 g/mol. The number of ether oxygens (including phenoxy) is 1. The number of allylic oxidation sites excluding steroid dienone is 1. The lowest BCUT2D eigenvalue weighted by Gasteiger charge is -2.40. The zero-order valence-electron chi connectivity index (χ0n) is 16.5. The summed E-state index contributed by atoms with van der Waals surface area (Å²) in [6, 6.07) is 7.69. The van der Waals surface area contributed by atoms with Gasteiger partial charge in [-0.3, -0.25) is 9.36 Å². The summed E-state index contributed by atoms with van der Waals surface area (Å²) >= 11 is 0. The first-order chi connectivity index (χ1) is 13.4. The normalized spacial score (nSPS) is 19.2. The van der Waals surface area contributed by atoms with Gasteiger partial charge in [0, 0.05) is 19.3 Å². The van der Waals surface area contributed by atoms with E-state index in [-0.39, 0.29) is 18.8 Å². The Kier molecular flexibility index (Phi) is 8.70. The van der Waals surface area contributed by atoms with Gasteiger partial charge < -0.3 is 19.5 Å². The van der Waals surface area contributed by atoms with Gasteiger partial charge in [0.1, 0.15) is 11.8 Å². The summed E-state index contributed by atoms with van der Waals surface area (Å²) in [6.07, 6.45) is 3.60. The van der Waals surface area contributed by atoms with E-state index in [1.165, 1.54) is 0 Å². The number of para-hydroxylation sites is 1. The van der Waals surface area contributed by atoms with Crippen molar-refractivity contribution in [3.8, 4) is 5.75 Å². The fourth-order valence-electron chi connectivity index (χ4n) is 3.28. The van der Waals surface area contributed by atoms with Gasteiger partial charge in [-0.2, -0.15) is 0 Å². The first-order valence-electron chi connectivity index (χ1n) is 9.57. The second kappa shape index (κ2) is 10.8. The van der Waals surface area contributed by atoms with Crippen LogP contribution in [0.5, 0.6) is 5.75 Å². The molecule has 0 aromatic heterocycles. The molecule has 1 aromatic carbocycles. The summed E-state index contributed by atoms with van der Waals surface area (Å²) in [4.78, 5) is 11.8. The van der Waals surface area contributed by atoms with Crippen LogP contribution >= 0.6 is 7.52 Å². The third kappa shape index (κ3) is 6.17. The molecule has 1 aromatic rings. The van der Waals surface area contributed by atoms with Crippen LogP contribution in [0, 0.1) is 0 Å². The average Bonchev–Trinajstić information content (AvgIpc) is 2.69. The number of aliphatic hydroxyl groups is 1. The van der Waals surface area contributed by atoms with Crippen molar-refractivity contribution in [3.63, 3.8) is 0 Å². The third-order valence-electron chi connectivity index (χ3n) is 4.82. The molecule has 7 nitrogen and oxygen atoms in total. The molecular formula is C20H30NO6P. The van der Waals surface area contributed by atoms with Gasteiger partial charge in [-0.05, 0) is 45.2 Å². The topological polar surface area (TPSA) is 96.3 Å². The number of carbonyl (C=O) groups is 1. The molecule has 2 atom stereocenters. The summed E-state index contributed by atoms with van der Waals surface area (Å²) in [5, 5.41) is 18.9. The minimum absolute atomic E-state index is 0.0704. The summed E-state index contributed by atoms with van der Waals surface area (Å²) in [5.41, 5.74) is 0.773. The predicted molar refractivity (Wildman–Crippen MR) is 108 cm³/mol. The Labute approximate surface area is 166 Å². The van der Waals surface area contributed by atoms with Crippen LogP contribution in [0.25, 0.3) is 0 Å². The Bertz CT molecular complexity index is 702. The number of hydrogen-bond acceptors (Lipinski definition) is 5. The van der Waals surface area contributed by atoms with Crippen LogP contribution in [0.3, 0.4) is 0 Å². The maximum atomic E-state index is 14.1. The number of carboxylic acid groups (broad SMARTS) is 1. The maximum absolute atomic E-state index is 14.1. The van der Waals surface area contributed by atoms with E-state index in [0.29, 0.717) is 38.2 Å². The van der Waals surface area contributed by atoms with Crippen LogP contribution in [-0.4, -0.2) is 58.9 Å². The zero-order valence-corrected chi connectivity index (χ0v) is 17.4. The Morgan fingerprint density at radius 1 is 1.36 bits per heavy atom. The minimum Gasteiger partial charge on any atom is -0.480 e. The Morgan fingerprint density at radius 2 is 2.00 bits per heavy atom. The van der Waals surface area contributed by atoms with E-state index in [2.05, 4.69) is 0 Å². The number of aliphatic hydroxyl groups excluding tert-OH is 1. The highest BCUT2D eigenvalue weighted by Crippen LogP contribution is 2.55. The number of benzene rings is 1. The quantitative estimate of drug-likeness (QED) is 0.449. The predicted octanol–water partition coefficient (Wildman–Crippen LogP) is 3.54. The molecule has 1 aliphatic rings. The van der Waals surface area contributed by atoms with Crippen molar-refractivity contribution in [2.24, 2.45) is 0 Å². The van der Waals surface area contributed by atoms with E-state index in [1.807, 2.05) is 12.1 Å². The van der Waals surface area contributed by atoms with Crippen LogP contribution in [-0.2, 0) is 14.1 Å². The van der Waals surface area contributed by atoms with Crippen molar-refractivity contribution in [2.45, 2.75) is 45.2 Å². The van der Waals surface area contributed by atoms with E-state index in [9.17, 15) is 19.6 Å². The molecule has 1 heterocycles. The van der Waals surface area contributed by atoms with Crippen LogP contribution in [0.4, 0.5) is 0 Å². The minimum atomic E-state index is -3.53. The molecule has 8 heteroatoms. The molecule has 2 rings (SSSR count). The van der Waals surface area contributed by atoms with Crippen molar-refractivity contribution in [3.05, 3.63) is 42.0 Å². The Balaban J connectivity index is 2.38. The lowest BCUT2D eigenvalue weighted by atomic mass is 10.1. The van der Waals surface area contributed by atoms with Crippen molar-refractivity contribution < 1.29 is 28.8 Å². The molecule has 28 heavy (non-hydrogen) atoms. The first kappa shape index (κ1) is 22.6. The van der Waals surface area contributed by atoms with Crippen LogP contribution in [0.2, 0.25) is 0 Å². The van der Waals surface area contributed by atoms with Crippen molar-refractivity contribution in [2.75, 3.05) is 26.0 Å². The van der Waals surface area contributed by atoms with Gasteiger partial charge in [-0.25, -0.2) is 4.67 Å². The maximum Gasteiger partial charge on any atom is 0.321 e. The monoisotopic (exact) mass is 411 g/mol. The highest BCUT2D eigenvalue weighted by molar-refractivity contribution is 7.57. The smallest absolute Gasteiger partial charge is 0.321 e. The fourth-order valence-corrected chi connectivity index (χ4v) is 5.96. The van der Waals surface area contributed by atoms with Crippen molar-refractivity contribution >= 4 is 13.5 Å². The Hall–Kier alpha value is -1.66. The highest BCUT2D eigenvalue weighted by atomic mass is 31.2. The van der Waals surface area contributed by atoms with E-state index in [0.717, 1.165) is 5.57 Å². The van der Waals surface area contributed by atoms with Crippen LogP contribution in [0.1, 0.15) is 33.1 Å². The molecule has 1 aliphatic heterocycles. The van der Waals surface area contributed by atoms with Gasteiger partial charge >= 0.3 is 13.5 Å².